The molecule has 0 atom stereocenters. The van der Waals surface area contributed by atoms with Gasteiger partial charge in [-0.25, -0.2) is 23.6 Å². The van der Waals surface area contributed by atoms with Crippen molar-refractivity contribution in [3.8, 4) is 0 Å². The number of rotatable bonds is 0. The van der Waals surface area contributed by atoms with Crippen molar-refractivity contribution in [3.05, 3.63) is 42.5 Å². The van der Waals surface area contributed by atoms with Crippen LogP contribution in [0.1, 0.15) is 0 Å². The summed E-state index contributed by atoms with van der Waals surface area (Å²) in [5.41, 5.74) is 10.4. The van der Waals surface area contributed by atoms with Crippen LogP contribution >= 0.6 is 0 Å². The van der Waals surface area contributed by atoms with E-state index in [9.17, 15) is 0 Å². The molecular weight excluding hydrogens is 286 g/mol. The molecule has 0 aliphatic rings. The molecule has 1 heterocycles. The monoisotopic (exact) mass is 295 g/mol. The minimum atomic E-state index is -4.94. The number of halogens is 1. The van der Waals surface area contributed by atoms with E-state index in [0.29, 0.717) is 0 Å². The molecule has 0 spiro atoms. The zero-order chi connectivity index (χ0) is 14.8. The fourth-order valence-corrected chi connectivity index (χ4v) is 1.73. The van der Waals surface area contributed by atoms with Crippen molar-refractivity contribution in [1.29, 1.82) is 0 Å². The Kier molecular flexibility index (Phi) is 3.98. The highest BCUT2D eigenvalue weighted by molar-refractivity contribution is 5.87. The zero-order valence-electron chi connectivity index (χ0n) is 10.1. The number of anilines is 1. The molecule has 7 nitrogen and oxygen atoms in total. The normalized spacial score (nSPS) is 11.2. The lowest BCUT2D eigenvalue weighted by Gasteiger charge is -2.17. The molecule has 1 aromatic heterocycles. The fourth-order valence-electron chi connectivity index (χ4n) is 1.73. The lowest BCUT2D eigenvalue weighted by Crippen LogP contribution is -2.68. The molecule has 0 unspecified atom stereocenters. The molecule has 104 valence electrons. The highest BCUT2D eigenvalue weighted by Gasteiger charge is 2.08. The summed E-state index contributed by atoms with van der Waals surface area (Å²) in [6.07, 6.45) is 0. The third-order valence-corrected chi connectivity index (χ3v) is 2.48. The highest BCUT2D eigenvalue weighted by Crippen LogP contribution is 2.16. The average molecular weight is 296 g/mol. The first-order valence-electron chi connectivity index (χ1n) is 5.42. The van der Waals surface area contributed by atoms with Crippen LogP contribution < -0.4 is 29.4 Å². The summed E-state index contributed by atoms with van der Waals surface area (Å²) >= 11 is 0. The number of nitrogens with zero attached hydrogens (tertiary/aromatic N) is 1. The number of benzene rings is 2. The predicted octanol–water partition coefficient (Wildman–Crippen LogP) is -2.97. The smallest absolute Gasteiger partial charge is 0.253 e. The molecule has 0 amide bonds. The summed E-state index contributed by atoms with van der Waals surface area (Å²) in [6.45, 7) is 0. The number of nitrogens with two attached hydrogens (primary N) is 1. The summed E-state index contributed by atoms with van der Waals surface area (Å²) in [7, 11) is -4.94. The third kappa shape index (κ3) is 3.73. The predicted molar refractivity (Wildman–Crippen MR) is 60.2 cm³/mol. The Morgan fingerprint density at radius 2 is 1.50 bits per heavy atom. The van der Waals surface area contributed by atoms with E-state index < -0.39 is 10.2 Å². The number of hydrogen-bond donors (Lipinski definition) is 1. The molecule has 0 saturated heterocycles. The Balaban J connectivity index is 0.000000257. The van der Waals surface area contributed by atoms with Crippen molar-refractivity contribution in [3.63, 3.8) is 0 Å². The second-order valence-corrected chi connectivity index (χ2v) is 4.63. The Morgan fingerprint density at radius 3 is 2.20 bits per heavy atom. The van der Waals surface area contributed by atoms with Crippen LogP contribution in [0.5, 0.6) is 0 Å². The summed E-state index contributed by atoms with van der Waals surface area (Å²) in [4.78, 5) is 7.82. The van der Waals surface area contributed by atoms with Crippen molar-refractivity contribution < 1.29 is 33.9 Å². The topological polar surface area (TPSA) is 145 Å². The minimum Gasteiger partial charge on any atom is -0.393 e. The van der Waals surface area contributed by atoms with E-state index in [2.05, 4.69) is 9.97 Å². The van der Waals surface area contributed by atoms with Crippen molar-refractivity contribution in [2.45, 2.75) is 0 Å². The first kappa shape index (κ1) is 14.4. The molecule has 3 aromatic rings. The molecule has 2 aromatic carbocycles. The van der Waals surface area contributed by atoms with Crippen LogP contribution in [0.2, 0.25) is 0 Å². The minimum absolute atomic E-state index is 0.728. The van der Waals surface area contributed by atoms with E-state index in [1.165, 1.54) is 0 Å². The van der Waals surface area contributed by atoms with Gasteiger partial charge in [-0.05, 0) is 18.2 Å². The number of aromatic amines is 1. The third-order valence-electron chi connectivity index (χ3n) is 2.48. The quantitative estimate of drug-likeness (QED) is 0.346. The first-order valence-corrected chi connectivity index (χ1v) is 6.66. The van der Waals surface area contributed by atoms with Gasteiger partial charge in [0.25, 0.3) is 5.52 Å². The second kappa shape index (κ2) is 5.53. The van der Waals surface area contributed by atoms with E-state index >= 15 is 0 Å². The summed E-state index contributed by atoms with van der Waals surface area (Å²) in [5, 5.41) is 0. The number of fused-ring (bicyclic) bond motifs is 2. The molecule has 0 saturated carbocycles. The van der Waals surface area contributed by atoms with Gasteiger partial charge in [0.05, 0.1) is 0 Å². The standard InChI is InChI=1S/C12H9N3.ClHO4/c13-8-4-3-7-11-12(8)15-10-6-2-1-5-9(10)14-11;2-1(3,4)5/h1-7H,13H2;(H,2,3,4,5). The van der Waals surface area contributed by atoms with Crippen molar-refractivity contribution in [1.82, 2.24) is 4.98 Å². The zero-order valence-corrected chi connectivity index (χ0v) is 10.8. The Morgan fingerprint density at radius 1 is 0.900 bits per heavy atom. The van der Waals surface area contributed by atoms with E-state index in [4.69, 9.17) is 24.4 Å². The van der Waals surface area contributed by atoms with Gasteiger partial charge in [-0.15, -0.1) is 10.2 Å². The lowest BCUT2D eigenvalue weighted by molar-refractivity contribution is -2.00. The van der Waals surface area contributed by atoms with Gasteiger partial charge in [0, 0.05) is 6.07 Å². The summed E-state index contributed by atoms with van der Waals surface area (Å²) < 4.78 is 34.0. The highest BCUT2D eigenvalue weighted by atomic mass is 35.7. The number of nitrogen functional groups attached to an aromatic ring is 1. The number of H-pyrrole nitrogens is 1. The maximum absolute atomic E-state index is 8.49. The first-order chi connectivity index (χ1) is 9.34. The van der Waals surface area contributed by atoms with Gasteiger partial charge in [0.15, 0.2) is 0 Å². The Hall–Kier alpha value is -2.03. The van der Waals surface area contributed by atoms with Crippen LogP contribution in [0, 0.1) is 10.2 Å². The maximum Gasteiger partial charge on any atom is 0.253 e. The SMILES string of the molecule is Nc1cccc2nc3ccccc3[nH+]c12.[O-][Cl+3]([O-])([O-])[O-]. The van der Waals surface area contributed by atoms with Gasteiger partial charge in [-0.2, -0.15) is 4.98 Å². The molecule has 0 radical (unpaired) electrons. The molecule has 0 bridgehead atoms. The van der Waals surface area contributed by atoms with Crippen LogP contribution in [-0.2, 0) is 0 Å². The van der Waals surface area contributed by atoms with Crippen molar-refractivity contribution in [2.24, 2.45) is 0 Å². The largest absolute Gasteiger partial charge is 0.393 e. The summed E-state index contributed by atoms with van der Waals surface area (Å²) in [6, 6.07) is 13.7. The van der Waals surface area contributed by atoms with Crippen LogP contribution in [0.15, 0.2) is 42.5 Å². The number of nitrogens with one attached hydrogen (secondary N) is 1. The molecule has 0 fully saturated rings. The van der Waals surface area contributed by atoms with Gasteiger partial charge in [-0.3, -0.25) is 0 Å². The number of aromatic nitrogens is 2. The molecule has 0 aliphatic heterocycles. The van der Waals surface area contributed by atoms with E-state index in [-0.39, 0.29) is 0 Å². The van der Waals surface area contributed by atoms with Crippen LogP contribution in [-0.4, -0.2) is 4.98 Å². The van der Waals surface area contributed by atoms with Gasteiger partial charge in [-0.1, -0.05) is 18.2 Å². The molecule has 3 N–H and O–H groups in total. The van der Waals surface area contributed by atoms with E-state index in [0.717, 1.165) is 27.8 Å². The van der Waals surface area contributed by atoms with Crippen molar-refractivity contribution in [2.75, 3.05) is 5.73 Å². The van der Waals surface area contributed by atoms with Crippen LogP contribution in [0.4, 0.5) is 5.69 Å². The maximum atomic E-state index is 8.49. The van der Waals surface area contributed by atoms with E-state index in [1.807, 2.05) is 42.5 Å². The average Bonchev–Trinajstić information content (AvgIpc) is 2.35. The summed E-state index contributed by atoms with van der Waals surface area (Å²) in [5.74, 6) is 0. The Bertz CT molecular complexity index is 739. The molecule has 20 heavy (non-hydrogen) atoms. The fraction of sp³-hybridized carbons (Fsp3) is 0. The van der Waals surface area contributed by atoms with Crippen molar-refractivity contribution >= 4 is 27.8 Å². The molecular formula is C12H10ClN3O4. The second-order valence-electron chi connectivity index (χ2n) is 3.87. The van der Waals surface area contributed by atoms with Gasteiger partial charge in [0.2, 0.25) is 5.52 Å². The Labute approximate surface area is 115 Å². The molecule has 3 rings (SSSR count). The molecule has 8 heteroatoms. The van der Waals surface area contributed by atoms with E-state index in [1.54, 1.807) is 0 Å². The van der Waals surface area contributed by atoms with Gasteiger partial charge >= 0.3 is 0 Å². The van der Waals surface area contributed by atoms with Crippen LogP contribution in [0.3, 0.4) is 0 Å². The number of para-hydroxylation sites is 3. The van der Waals surface area contributed by atoms with Gasteiger partial charge in [0.1, 0.15) is 16.7 Å². The van der Waals surface area contributed by atoms with Crippen LogP contribution in [0.25, 0.3) is 22.1 Å². The molecule has 0 aliphatic carbocycles. The number of hydrogen-bond acceptors (Lipinski definition) is 6. The lowest BCUT2D eigenvalue weighted by atomic mass is 10.2. The van der Waals surface area contributed by atoms with Gasteiger partial charge < -0.3 is 5.73 Å².